The molecule has 1 unspecified atom stereocenters. The van der Waals surface area contributed by atoms with E-state index in [1.165, 1.54) is 30.0 Å². The molecule has 1 heterocycles. The SMILES string of the molecule is NC(N)=NC(=O)c1ccc(Oc2ccc(C(=O)CSC3=NCCN3)cc2)c(S(=O)O)c1. The van der Waals surface area contributed by atoms with E-state index in [0.717, 1.165) is 11.7 Å². The minimum Gasteiger partial charge on any atom is -0.456 e. The lowest BCUT2D eigenvalue weighted by molar-refractivity contribution is 0.0999. The first kappa shape index (κ1) is 22.5. The van der Waals surface area contributed by atoms with Gasteiger partial charge in [0.05, 0.1) is 12.3 Å². The molecule has 0 fully saturated rings. The predicted molar refractivity (Wildman–Crippen MR) is 119 cm³/mol. The molecule has 10 nitrogen and oxygen atoms in total. The highest BCUT2D eigenvalue weighted by Gasteiger charge is 2.16. The number of thioether (sulfide) groups is 1. The first-order valence-electron chi connectivity index (χ1n) is 8.94. The van der Waals surface area contributed by atoms with Crippen LogP contribution in [0.15, 0.2) is 57.3 Å². The van der Waals surface area contributed by atoms with Crippen LogP contribution in [0.1, 0.15) is 20.7 Å². The lowest BCUT2D eigenvalue weighted by Crippen LogP contribution is -2.24. The molecule has 1 amide bonds. The first-order valence-corrected chi connectivity index (χ1v) is 11.0. The Kier molecular flexibility index (Phi) is 7.39. The van der Waals surface area contributed by atoms with Gasteiger partial charge in [0.15, 0.2) is 28.0 Å². The number of rotatable bonds is 7. The van der Waals surface area contributed by atoms with Gasteiger partial charge in [-0.1, -0.05) is 11.8 Å². The average Bonchev–Trinajstić information content (AvgIpc) is 3.26. The van der Waals surface area contributed by atoms with Crippen LogP contribution >= 0.6 is 11.8 Å². The van der Waals surface area contributed by atoms with Crippen LogP contribution in [0, 0.1) is 0 Å². The number of ether oxygens (including phenoxy) is 1. The standard InChI is InChI=1S/C19H19N5O5S2/c20-18(21)24-17(26)12-3-6-15(16(9-12)31(27)28)29-13-4-1-11(2-5-13)14(25)10-30-19-22-7-8-23-19/h1-6,9H,7-8,10H2,(H,22,23)(H,27,28)(H4,20,21,24,26). The van der Waals surface area contributed by atoms with Crippen molar-refractivity contribution in [1.29, 1.82) is 0 Å². The molecular formula is C19H19N5O5S2. The number of Topliss-reactive ketones (excluding diaryl/α,β-unsaturated/α-hetero) is 1. The Morgan fingerprint density at radius 1 is 1.19 bits per heavy atom. The van der Waals surface area contributed by atoms with Gasteiger partial charge < -0.3 is 26.1 Å². The van der Waals surface area contributed by atoms with E-state index in [1.54, 1.807) is 24.3 Å². The van der Waals surface area contributed by atoms with Crippen LogP contribution in [-0.2, 0) is 11.1 Å². The molecule has 31 heavy (non-hydrogen) atoms. The third-order valence-electron chi connectivity index (χ3n) is 4.00. The first-order chi connectivity index (χ1) is 14.8. The summed E-state index contributed by atoms with van der Waals surface area (Å²) < 4.78 is 26.9. The van der Waals surface area contributed by atoms with E-state index >= 15 is 0 Å². The summed E-state index contributed by atoms with van der Waals surface area (Å²) in [6, 6.07) is 10.3. The molecule has 1 aliphatic rings. The van der Waals surface area contributed by atoms with Crippen molar-refractivity contribution in [3.05, 3.63) is 53.6 Å². The molecule has 6 N–H and O–H groups in total. The number of nitrogens with zero attached hydrogens (tertiary/aromatic N) is 2. The second-order valence-electron chi connectivity index (χ2n) is 6.20. The molecule has 0 aliphatic carbocycles. The number of carbonyl (C=O) groups is 2. The average molecular weight is 462 g/mol. The van der Waals surface area contributed by atoms with Crippen molar-refractivity contribution >= 4 is 45.7 Å². The summed E-state index contributed by atoms with van der Waals surface area (Å²) in [6.07, 6.45) is 0. The number of nitrogens with two attached hydrogens (primary N) is 2. The van der Waals surface area contributed by atoms with Gasteiger partial charge in [0.25, 0.3) is 5.91 Å². The molecule has 12 heteroatoms. The number of hydrogen-bond acceptors (Lipinski definition) is 7. The molecule has 1 aliphatic heterocycles. The zero-order valence-corrected chi connectivity index (χ0v) is 17.7. The third kappa shape index (κ3) is 6.13. The van der Waals surface area contributed by atoms with Crippen molar-refractivity contribution < 1.29 is 23.1 Å². The van der Waals surface area contributed by atoms with Crippen LogP contribution in [0.3, 0.4) is 0 Å². The maximum absolute atomic E-state index is 12.3. The highest BCUT2D eigenvalue weighted by molar-refractivity contribution is 8.14. The maximum Gasteiger partial charge on any atom is 0.280 e. The van der Waals surface area contributed by atoms with Gasteiger partial charge in [-0.3, -0.25) is 14.6 Å². The van der Waals surface area contributed by atoms with E-state index < -0.39 is 22.9 Å². The molecule has 0 saturated carbocycles. The van der Waals surface area contributed by atoms with Crippen molar-refractivity contribution in [2.24, 2.45) is 21.5 Å². The Hall–Kier alpha value is -3.22. The number of benzene rings is 2. The summed E-state index contributed by atoms with van der Waals surface area (Å²) in [7, 11) is 0. The Morgan fingerprint density at radius 2 is 1.90 bits per heavy atom. The molecule has 0 radical (unpaired) electrons. The van der Waals surface area contributed by atoms with Gasteiger partial charge in [-0.05, 0) is 42.5 Å². The summed E-state index contributed by atoms with van der Waals surface area (Å²) in [4.78, 5) is 31.7. The number of nitrogens with one attached hydrogen (secondary N) is 1. The monoisotopic (exact) mass is 461 g/mol. The van der Waals surface area contributed by atoms with Gasteiger partial charge in [0.1, 0.15) is 16.4 Å². The Balaban J connectivity index is 1.71. The van der Waals surface area contributed by atoms with Crippen LogP contribution in [0.5, 0.6) is 11.5 Å². The minimum absolute atomic E-state index is 0.0259. The Bertz CT molecular complexity index is 1080. The quantitative estimate of drug-likeness (QED) is 0.206. The van der Waals surface area contributed by atoms with Crippen molar-refractivity contribution in [3.63, 3.8) is 0 Å². The molecule has 2 aromatic carbocycles. The molecule has 3 rings (SSSR count). The number of guanidine groups is 1. The summed E-state index contributed by atoms with van der Waals surface area (Å²) in [5.41, 5.74) is 10.9. The molecule has 0 spiro atoms. The number of aliphatic imine (C=N–C) groups is 2. The topological polar surface area (TPSA) is 169 Å². The van der Waals surface area contributed by atoms with E-state index in [-0.39, 0.29) is 27.7 Å². The van der Waals surface area contributed by atoms with Crippen LogP contribution in [-0.4, -0.2) is 50.4 Å². The highest BCUT2D eigenvalue weighted by Crippen LogP contribution is 2.29. The summed E-state index contributed by atoms with van der Waals surface area (Å²) in [6.45, 7) is 1.50. The second-order valence-corrected chi connectivity index (χ2v) is 8.11. The predicted octanol–water partition coefficient (Wildman–Crippen LogP) is 1.35. The maximum atomic E-state index is 12.3. The van der Waals surface area contributed by atoms with E-state index in [4.69, 9.17) is 16.2 Å². The van der Waals surface area contributed by atoms with Crippen LogP contribution in [0.2, 0.25) is 0 Å². The van der Waals surface area contributed by atoms with Crippen molar-refractivity contribution in [2.45, 2.75) is 4.90 Å². The Morgan fingerprint density at radius 3 is 2.52 bits per heavy atom. The molecule has 0 aromatic heterocycles. The molecule has 0 saturated heterocycles. The van der Waals surface area contributed by atoms with Crippen molar-refractivity contribution in [1.82, 2.24) is 5.32 Å². The highest BCUT2D eigenvalue weighted by atomic mass is 32.2. The number of amides is 1. The van der Waals surface area contributed by atoms with Gasteiger partial charge in [-0.15, -0.1) is 0 Å². The van der Waals surface area contributed by atoms with E-state index in [9.17, 15) is 18.4 Å². The molecule has 1 atom stereocenters. The van der Waals surface area contributed by atoms with E-state index in [0.29, 0.717) is 17.9 Å². The van der Waals surface area contributed by atoms with Crippen molar-refractivity contribution in [2.75, 3.05) is 18.8 Å². The summed E-state index contributed by atoms with van der Waals surface area (Å²) in [5.74, 6) is -0.559. The second kappa shape index (κ2) is 10.2. The fraction of sp³-hybridized carbons (Fsp3) is 0.158. The summed E-state index contributed by atoms with van der Waals surface area (Å²) in [5, 5.41) is 3.85. The van der Waals surface area contributed by atoms with Gasteiger partial charge in [0, 0.05) is 17.7 Å². The Labute approximate surface area is 184 Å². The number of amidine groups is 1. The van der Waals surface area contributed by atoms with Gasteiger partial charge in [0.2, 0.25) is 0 Å². The minimum atomic E-state index is -2.43. The lowest BCUT2D eigenvalue weighted by atomic mass is 10.1. The third-order valence-corrected chi connectivity index (χ3v) is 5.65. The smallest absolute Gasteiger partial charge is 0.280 e. The number of carbonyl (C=O) groups excluding carboxylic acids is 2. The normalized spacial score (nSPS) is 13.6. The molecular weight excluding hydrogens is 442 g/mol. The van der Waals surface area contributed by atoms with Crippen molar-refractivity contribution in [3.8, 4) is 11.5 Å². The largest absolute Gasteiger partial charge is 0.456 e. The fourth-order valence-electron chi connectivity index (χ4n) is 2.57. The molecule has 162 valence electrons. The van der Waals surface area contributed by atoms with E-state index in [1.807, 2.05) is 0 Å². The number of hydrogen-bond donors (Lipinski definition) is 4. The van der Waals surface area contributed by atoms with Crippen LogP contribution < -0.4 is 21.5 Å². The molecule has 0 bridgehead atoms. The van der Waals surface area contributed by atoms with Crippen LogP contribution in [0.4, 0.5) is 0 Å². The van der Waals surface area contributed by atoms with E-state index in [2.05, 4.69) is 15.3 Å². The van der Waals surface area contributed by atoms with Gasteiger partial charge >= 0.3 is 0 Å². The zero-order chi connectivity index (χ0) is 22.4. The molecule has 2 aromatic rings. The lowest BCUT2D eigenvalue weighted by Gasteiger charge is -2.10. The van der Waals surface area contributed by atoms with Gasteiger partial charge in [-0.25, -0.2) is 4.21 Å². The zero-order valence-electron chi connectivity index (χ0n) is 16.1. The number of ketones is 1. The summed E-state index contributed by atoms with van der Waals surface area (Å²) >= 11 is -1.08. The van der Waals surface area contributed by atoms with Gasteiger partial charge in [-0.2, -0.15) is 4.99 Å². The fourth-order valence-corrected chi connectivity index (χ4v) is 3.90. The van der Waals surface area contributed by atoms with Crippen LogP contribution in [0.25, 0.3) is 0 Å².